The fraction of sp³-hybridized carbons (Fsp3) is 0.417. The van der Waals surface area contributed by atoms with Gasteiger partial charge in [0.1, 0.15) is 11.4 Å². The van der Waals surface area contributed by atoms with Gasteiger partial charge in [-0.05, 0) is 57.0 Å². The summed E-state index contributed by atoms with van der Waals surface area (Å²) in [5.41, 5.74) is 2.44. The fourth-order valence-electron chi connectivity index (χ4n) is 3.36. The number of ether oxygens (including phenoxy) is 1. The van der Waals surface area contributed by atoms with Crippen LogP contribution in [0, 0.1) is 5.82 Å². The summed E-state index contributed by atoms with van der Waals surface area (Å²) in [7, 11) is 3.74. The molecule has 1 heterocycles. The summed E-state index contributed by atoms with van der Waals surface area (Å²) < 4.78 is 20.9. The van der Waals surface area contributed by atoms with Gasteiger partial charge in [-0.25, -0.2) is 14.2 Å². The molecule has 2 aromatic carbocycles. The van der Waals surface area contributed by atoms with E-state index in [4.69, 9.17) is 9.72 Å². The van der Waals surface area contributed by atoms with Crippen LogP contribution in [-0.2, 0) is 11.3 Å². The maximum Gasteiger partial charge on any atom is 0.410 e. The molecule has 0 spiro atoms. The molecule has 6 nitrogen and oxygen atoms in total. The molecule has 31 heavy (non-hydrogen) atoms. The van der Waals surface area contributed by atoms with Crippen LogP contribution in [0.25, 0.3) is 11.0 Å². The van der Waals surface area contributed by atoms with Gasteiger partial charge in [-0.2, -0.15) is 0 Å². The molecule has 0 atom stereocenters. The van der Waals surface area contributed by atoms with Gasteiger partial charge >= 0.3 is 6.09 Å². The minimum Gasteiger partial charge on any atom is -0.444 e. The molecule has 0 radical (unpaired) electrons. The van der Waals surface area contributed by atoms with E-state index >= 15 is 0 Å². The molecule has 1 aromatic heterocycles. The minimum absolute atomic E-state index is 0.245. The number of hydrogen-bond acceptors (Lipinski definition) is 4. The number of anilines is 1. The normalized spacial score (nSPS) is 11.5. The van der Waals surface area contributed by atoms with Crippen LogP contribution in [0.5, 0.6) is 0 Å². The third kappa shape index (κ3) is 5.96. The Morgan fingerprint density at radius 2 is 1.74 bits per heavy atom. The number of nitrogens with zero attached hydrogens (tertiary/aromatic N) is 4. The van der Waals surface area contributed by atoms with Gasteiger partial charge in [0.15, 0.2) is 0 Å². The number of benzene rings is 2. The number of para-hydroxylation sites is 2. The molecule has 0 bridgehead atoms. The largest absolute Gasteiger partial charge is 0.444 e. The molecule has 166 valence electrons. The summed E-state index contributed by atoms with van der Waals surface area (Å²) in [5.74, 6) is 0.594. The van der Waals surface area contributed by atoms with Crippen molar-refractivity contribution < 1.29 is 13.9 Å². The van der Waals surface area contributed by atoms with Crippen molar-refractivity contribution in [3.8, 4) is 0 Å². The van der Waals surface area contributed by atoms with Crippen LogP contribution in [0.15, 0.2) is 48.5 Å². The fourth-order valence-corrected chi connectivity index (χ4v) is 3.36. The highest BCUT2D eigenvalue weighted by atomic mass is 19.1. The summed E-state index contributed by atoms with van der Waals surface area (Å²) in [6.45, 7) is 7.48. The van der Waals surface area contributed by atoms with Gasteiger partial charge < -0.3 is 19.1 Å². The minimum atomic E-state index is -0.507. The number of fused-ring (bicyclic) bond motifs is 1. The number of carbonyl (C=O) groups excluding carboxylic acids is 1. The van der Waals surface area contributed by atoms with E-state index in [1.807, 2.05) is 52.1 Å². The van der Waals surface area contributed by atoms with Crippen molar-refractivity contribution >= 4 is 23.1 Å². The van der Waals surface area contributed by atoms with Crippen molar-refractivity contribution in [1.82, 2.24) is 14.5 Å². The smallest absolute Gasteiger partial charge is 0.410 e. The molecule has 3 aromatic rings. The number of carbonyl (C=O) groups is 1. The Balaban J connectivity index is 1.71. The molecule has 0 aliphatic heterocycles. The number of imidazole rings is 1. The number of rotatable bonds is 7. The van der Waals surface area contributed by atoms with E-state index in [-0.39, 0.29) is 11.9 Å². The Morgan fingerprint density at radius 1 is 1.06 bits per heavy atom. The Morgan fingerprint density at radius 3 is 2.42 bits per heavy atom. The number of hydrogen-bond donors (Lipinski definition) is 0. The van der Waals surface area contributed by atoms with E-state index in [1.54, 1.807) is 24.1 Å². The highest BCUT2D eigenvalue weighted by Crippen LogP contribution is 2.24. The zero-order valence-corrected chi connectivity index (χ0v) is 18.9. The molecular formula is C24H31FN4O2. The lowest BCUT2D eigenvalue weighted by atomic mass is 10.2. The maximum absolute atomic E-state index is 13.3. The summed E-state index contributed by atoms with van der Waals surface area (Å²) in [6, 6.07) is 14.5. The van der Waals surface area contributed by atoms with E-state index in [9.17, 15) is 9.18 Å². The van der Waals surface area contributed by atoms with Crippen molar-refractivity contribution in [2.24, 2.45) is 0 Å². The molecule has 0 N–H and O–H groups in total. The number of aromatic nitrogens is 2. The molecule has 0 aliphatic rings. The van der Waals surface area contributed by atoms with E-state index in [0.717, 1.165) is 35.5 Å². The Hall–Kier alpha value is -3.09. The Bertz CT molecular complexity index is 1020. The highest BCUT2D eigenvalue weighted by Gasteiger charge is 2.20. The Kier molecular flexibility index (Phi) is 6.83. The van der Waals surface area contributed by atoms with Crippen molar-refractivity contribution in [2.45, 2.75) is 39.3 Å². The van der Waals surface area contributed by atoms with Gasteiger partial charge in [0.2, 0.25) is 5.95 Å². The van der Waals surface area contributed by atoms with Gasteiger partial charge in [-0.3, -0.25) is 0 Å². The lowest BCUT2D eigenvalue weighted by Gasteiger charge is -2.25. The maximum atomic E-state index is 13.3. The number of halogens is 1. The molecule has 0 unspecified atom stereocenters. The monoisotopic (exact) mass is 426 g/mol. The van der Waals surface area contributed by atoms with E-state index in [1.165, 1.54) is 12.1 Å². The van der Waals surface area contributed by atoms with Crippen molar-refractivity contribution in [3.63, 3.8) is 0 Å². The zero-order chi connectivity index (χ0) is 22.6. The molecule has 1 amide bonds. The molecular weight excluding hydrogens is 395 g/mol. The van der Waals surface area contributed by atoms with Gasteiger partial charge in [-0.15, -0.1) is 0 Å². The molecule has 7 heteroatoms. The SMILES string of the molecule is CN(CCCN(C)c1nc2ccccc2n1Cc1ccc(F)cc1)C(=O)OC(C)(C)C. The summed E-state index contributed by atoms with van der Waals surface area (Å²) in [5, 5.41) is 0. The van der Waals surface area contributed by atoms with E-state index in [0.29, 0.717) is 13.1 Å². The quantitative estimate of drug-likeness (QED) is 0.538. The first kappa shape index (κ1) is 22.6. The lowest BCUT2D eigenvalue weighted by Crippen LogP contribution is -2.36. The van der Waals surface area contributed by atoms with Crippen molar-refractivity contribution in [2.75, 3.05) is 32.1 Å². The topological polar surface area (TPSA) is 50.6 Å². The van der Waals surface area contributed by atoms with Gasteiger partial charge in [-0.1, -0.05) is 24.3 Å². The highest BCUT2D eigenvalue weighted by molar-refractivity contribution is 5.79. The molecule has 0 saturated carbocycles. The molecule has 0 aliphatic carbocycles. The third-order valence-electron chi connectivity index (χ3n) is 4.92. The van der Waals surface area contributed by atoms with E-state index < -0.39 is 5.60 Å². The second kappa shape index (κ2) is 9.37. The van der Waals surface area contributed by atoms with Crippen LogP contribution >= 0.6 is 0 Å². The predicted molar refractivity (Wildman–Crippen MR) is 122 cm³/mol. The second-order valence-electron chi connectivity index (χ2n) is 8.79. The average Bonchev–Trinajstić information content (AvgIpc) is 3.07. The standard InChI is InChI=1S/C24H31FN4O2/c1-24(2,3)31-23(30)28(5)16-8-15-27(4)22-26-20-9-6-7-10-21(20)29(22)17-18-11-13-19(25)14-12-18/h6-7,9-14H,8,15-17H2,1-5H3. The van der Waals surface area contributed by atoms with Gasteiger partial charge in [0, 0.05) is 27.2 Å². The lowest BCUT2D eigenvalue weighted by molar-refractivity contribution is 0.0298. The van der Waals surface area contributed by atoms with Crippen LogP contribution in [0.4, 0.5) is 15.1 Å². The molecule has 0 fully saturated rings. The first-order valence-corrected chi connectivity index (χ1v) is 10.5. The van der Waals surface area contributed by atoms with Crippen LogP contribution in [0.2, 0.25) is 0 Å². The Labute approximate surface area is 183 Å². The first-order chi connectivity index (χ1) is 14.6. The predicted octanol–water partition coefficient (Wildman–Crippen LogP) is 4.92. The van der Waals surface area contributed by atoms with Gasteiger partial charge in [0.05, 0.1) is 17.6 Å². The summed E-state index contributed by atoms with van der Waals surface area (Å²) in [4.78, 5) is 20.7. The number of amides is 1. The van der Waals surface area contributed by atoms with Crippen LogP contribution in [0.1, 0.15) is 32.8 Å². The first-order valence-electron chi connectivity index (χ1n) is 10.5. The van der Waals surface area contributed by atoms with Crippen LogP contribution in [0.3, 0.4) is 0 Å². The molecule has 3 rings (SSSR count). The van der Waals surface area contributed by atoms with Gasteiger partial charge in [0.25, 0.3) is 0 Å². The summed E-state index contributed by atoms with van der Waals surface area (Å²) in [6.07, 6.45) is 0.449. The zero-order valence-electron chi connectivity index (χ0n) is 18.9. The van der Waals surface area contributed by atoms with Crippen LogP contribution in [-0.4, -0.2) is 53.3 Å². The average molecular weight is 427 g/mol. The second-order valence-corrected chi connectivity index (χ2v) is 8.79. The van der Waals surface area contributed by atoms with Crippen LogP contribution < -0.4 is 4.90 Å². The van der Waals surface area contributed by atoms with Crippen molar-refractivity contribution in [3.05, 3.63) is 59.9 Å². The third-order valence-corrected chi connectivity index (χ3v) is 4.92. The molecule has 0 saturated heterocycles. The summed E-state index contributed by atoms with van der Waals surface area (Å²) >= 11 is 0. The van der Waals surface area contributed by atoms with E-state index in [2.05, 4.69) is 9.47 Å². The van der Waals surface area contributed by atoms with Crippen molar-refractivity contribution in [1.29, 1.82) is 0 Å².